The molecule has 10 heteroatoms. The van der Waals surface area contributed by atoms with Crippen molar-refractivity contribution in [2.75, 3.05) is 18.5 Å². The van der Waals surface area contributed by atoms with Gasteiger partial charge in [-0.05, 0) is 80.4 Å². The van der Waals surface area contributed by atoms with Crippen molar-refractivity contribution in [3.63, 3.8) is 0 Å². The summed E-state index contributed by atoms with van der Waals surface area (Å²) in [6, 6.07) is 21.4. The van der Waals surface area contributed by atoms with E-state index >= 15 is 0 Å². The molecular formula is C30H26F3N5O2. The van der Waals surface area contributed by atoms with E-state index in [1.165, 1.54) is 12.1 Å². The Balaban J connectivity index is 1.56. The van der Waals surface area contributed by atoms with Crippen molar-refractivity contribution >= 4 is 22.4 Å². The first-order valence-electron chi connectivity index (χ1n) is 13.0. The van der Waals surface area contributed by atoms with E-state index in [1.54, 1.807) is 18.3 Å². The van der Waals surface area contributed by atoms with E-state index < -0.39 is 6.36 Å². The molecule has 3 heterocycles. The number of alkyl halides is 3. The zero-order valence-corrected chi connectivity index (χ0v) is 21.7. The van der Waals surface area contributed by atoms with E-state index in [0.717, 1.165) is 52.0 Å². The number of hydrogen-bond acceptors (Lipinski definition) is 6. The summed E-state index contributed by atoms with van der Waals surface area (Å²) < 4.78 is 49.9. The number of nitrogens with zero attached hydrogens (tertiary/aromatic N) is 4. The molecule has 40 heavy (non-hydrogen) atoms. The van der Waals surface area contributed by atoms with Gasteiger partial charge in [0.2, 0.25) is 0 Å². The highest BCUT2D eigenvalue weighted by molar-refractivity contribution is 5.84. The van der Waals surface area contributed by atoms with E-state index in [9.17, 15) is 13.2 Å². The van der Waals surface area contributed by atoms with Gasteiger partial charge in [0.15, 0.2) is 0 Å². The first kappa shape index (κ1) is 25.8. The average Bonchev–Trinajstić information content (AvgIpc) is 2.94. The fourth-order valence-corrected chi connectivity index (χ4v) is 4.90. The van der Waals surface area contributed by atoms with Crippen LogP contribution in [0, 0.1) is 6.92 Å². The highest BCUT2D eigenvalue weighted by Crippen LogP contribution is 2.32. The molecule has 1 aromatic heterocycles. The molecule has 0 bridgehead atoms. The molecule has 0 amide bonds. The summed E-state index contributed by atoms with van der Waals surface area (Å²) in [5, 5.41) is 4.25. The second-order valence-electron chi connectivity index (χ2n) is 9.57. The Bertz CT molecular complexity index is 1690. The van der Waals surface area contributed by atoms with Gasteiger partial charge in [-0.2, -0.15) is 0 Å². The maximum Gasteiger partial charge on any atom is 0.573 e. The summed E-state index contributed by atoms with van der Waals surface area (Å²) in [5.41, 5.74) is 6.18. The number of pyridine rings is 1. The van der Waals surface area contributed by atoms with Crippen LogP contribution in [0.3, 0.4) is 0 Å². The first-order chi connectivity index (χ1) is 19.3. The van der Waals surface area contributed by atoms with Gasteiger partial charge >= 0.3 is 6.36 Å². The number of aromatic nitrogens is 3. The average molecular weight is 546 g/mol. The van der Waals surface area contributed by atoms with E-state index in [4.69, 9.17) is 14.7 Å². The second-order valence-corrected chi connectivity index (χ2v) is 9.57. The van der Waals surface area contributed by atoms with Crippen LogP contribution in [0.5, 0.6) is 5.75 Å². The van der Waals surface area contributed by atoms with Crippen LogP contribution in [0.15, 0.2) is 84.0 Å². The third kappa shape index (κ3) is 5.48. The number of hydrogen-bond donors (Lipinski definition) is 1. The van der Waals surface area contributed by atoms with E-state index in [2.05, 4.69) is 15.0 Å². The Kier molecular flexibility index (Phi) is 6.85. The van der Waals surface area contributed by atoms with Crippen LogP contribution < -0.4 is 15.4 Å². The minimum Gasteiger partial charge on any atom is -0.406 e. The molecule has 1 aliphatic carbocycles. The lowest BCUT2D eigenvalue weighted by atomic mass is 10.1. The lowest BCUT2D eigenvalue weighted by molar-refractivity contribution is -0.274. The molecule has 0 radical (unpaired) electrons. The third-order valence-electron chi connectivity index (χ3n) is 6.81. The van der Waals surface area contributed by atoms with E-state index in [1.807, 2.05) is 60.0 Å². The zero-order chi connectivity index (χ0) is 27.7. The van der Waals surface area contributed by atoms with Crippen LogP contribution >= 0.6 is 0 Å². The Hall–Kier alpha value is -4.44. The van der Waals surface area contributed by atoms with Gasteiger partial charge in [-0.1, -0.05) is 12.1 Å². The number of nitrogens with one attached hydrogen (secondary N) is 1. The monoisotopic (exact) mass is 545 g/mol. The SMILES string of the molecule is Cc1ncccc1Nc1cc2nc3ccccc3n(-c3ccc(OC(F)(F)F)cc3)c-2c/c1=N\C1CCOCC1. The third-order valence-corrected chi connectivity index (χ3v) is 6.81. The molecule has 1 saturated heterocycles. The molecule has 1 N–H and O–H groups in total. The zero-order valence-electron chi connectivity index (χ0n) is 21.7. The van der Waals surface area contributed by atoms with Gasteiger partial charge in [-0.3, -0.25) is 9.98 Å². The maximum atomic E-state index is 12.8. The van der Waals surface area contributed by atoms with Crippen LogP contribution in [0.2, 0.25) is 0 Å². The molecule has 0 unspecified atom stereocenters. The van der Waals surface area contributed by atoms with Crippen LogP contribution in [0.25, 0.3) is 28.1 Å². The van der Waals surface area contributed by atoms with E-state index in [0.29, 0.717) is 24.6 Å². The van der Waals surface area contributed by atoms with Crippen LogP contribution in [-0.4, -0.2) is 40.2 Å². The van der Waals surface area contributed by atoms with Crippen molar-refractivity contribution in [2.45, 2.75) is 32.2 Å². The first-order valence-corrected chi connectivity index (χ1v) is 13.0. The van der Waals surface area contributed by atoms with Gasteiger partial charge in [-0.25, -0.2) is 4.98 Å². The molecule has 3 aliphatic rings. The summed E-state index contributed by atoms with van der Waals surface area (Å²) in [5.74, 6) is -0.284. The Morgan fingerprint density at radius 1 is 0.975 bits per heavy atom. The van der Waals surface area contributed by atoms with Crippen molar-refractivity contribution in [2.24, 2.45) is 4.99 Å². The number of halogens is 3. The number of anilines is 2. The molecule has 6 rings (SSSR count). The number of para-hydroxylation sites is 2. The minimum atomic E-state index is -4.76. The van der Waals surface area contributed by atoms with Gasteiger partial charge in [-0.15, -0.1) is 13.2 Å². The number of ether oxygens (including phenoxy) is 2. The van der Waals surface area contributed by atoms with Crippen molar-refractivity contribution in [3.05, 3.63) is 90.0 Å². The molecule has 3 aromatic rings. The predicted octanol–water partition coefficient (Wildman–Crippen LogP) is 6.56. The standard InChI is InChI=1S/C30H26F3N5O2/c1-19-23(6-4-14-34-19)36-25-17-27-29(18-26(25)35-20-12-15-39-16-13-20)38(28-7-3-2-5-24(28)37-27)21-8-10-22(11-9-21)40-30(31,32)33/h2-11,14,17-18,20,36H,12-13,15-16H2,1H3/b35-26+. The molecular weight excluding hydrogens is 519 g/mol. The molecule has 0 spiro atoms. The number of rotatable bonds is 5. The molecule has 1 fully saturated rings. The Morgan fingerprint density at radius 2 is 1.75 bits per heavy atom. The molecule has 0 atom stereocenters. The largest absolute Gasteiger partial charge is 0.573 e. The second kappa shape index (κ2) is 10.6. The van der Waals surface area contributed by atoms with Crippen LogP contribution in [-0.2, 0) is 4.74 Å². The Morgan fingerprint density at radius 3 is 2.50 bits per heavy atom. The summed E-state index contributed by atoms with van der Waals surface area (Å²) in [6.07, 6.45) is -1.38. The Labute approximate surface area is 228 Å². The van der Waals surface area contributed by atoms with Crippen LogP contribution in [0.1, 0.15) is 18.5 Å². The number of fused-ring (bicyclic) bond motifs is 2. The number of aryl methyl sites for hydroxylation is 1. The van der Waals surface area contributed by atoms with Crippen molar-refractivity contribution in [3.8, 4) is 22.8 Å². The van der Waals surface area contributed by atoms with Gasteiger partial charge in [0.05, 0.1) is 50.9 Å². The summed E-state index contributed by atoms with van der Waals surface area (Å²) in [4.78, 5) is 14.4. The number of benzene rings is 3. The minimum absolute atomic E-state index is 0.0995. The van der Waals surface area contributed by atoms with Gasteiger partial charge in [0.1, 0.15) is 5.75 Å². The lowest BCUT2D eigenvalue weighted by Gasteiger charge is -2.22. The summed E-state index contributed by atoms with van der Waals surface area (Å²) in [7, 11) is 0. The quantitative estimate of drug-likeness (QED) is 0.254. The van der Waals surface area contributed by atoms with Gasteiger partial charge in [0, 0.05) is 25.1 Å². The molecule has 2 aliphatic heterocycles. The van der Waals surface area contributed by atoms with E-state index in [-0.39, 0.29) is 11.8 Å². The highest BCUT2D eigenvalue weighted by Gasteiger charge is 2.31. The molecule has 2 aromatic carbocycles. The molecule has 7 nitrogen and oxygen atoms in total. The maximum absolute atomic E-state index is 12.8. The lowest BCUT2D eigenvalue weighted by Crippen LogP contribution is -2.23. The smallest absolute Gasteiger partial charge is 0.406 e. The fraction of sp³-hybridized carbons (Fsp3) is 0.233. The summed E-state index contributed by atoms with van der Waals surface area (Å²) in [6.45, 7) is 3.25. The molecule has 0 saturated carbocycles. The van der Waals surface area contributed by atoms with Crippen molar-refractivity contribution < 1.29 is 22.6 Å². The van der Waals surface area contributed by atoms with Gasteiger partial charge < -0.3 is 19.4 Å². The normalized spacial score (nSPS) is 15.1. The van der Waals surface area contributed by atoms with Crippen molar-refractivity contribution in [1.29, 1.82) is 0 Å². The highest BCUT2D eigenvalue weighted by atomic mass is 19.4. The summed E-state index contributed by atoms with van der Waals surface area (Å²) >= 11 is 0. The molecule has 204 valence electrons. The topological polar surface area (TPSA) is 73.6 Å². The predicted molar refractivity (Wildman–Crippen MR) is 146 cm³/mol. The van der Waals surface area contributed by atoms with Crippen molar-refractivity contribution in [1.82, 2.24) is 14.5 Å². The fourth-order valence-electron chi connectivity index (χ4n) is 4.90. The van der Waals surface area contributed by atoms with Crippen LogP contribution in [0.4, 0.5) is 24.5 Å². The van der Waals surface area contributed by atoms with Gasteiger partial charge in [0.25, 0.3) is 0 Å².